The van der Waals surface area contributed by atoms with Crippen molar-refractivity contribution in [3.8, 4) is 0 Å². The van der Waals surface area contributed by atoms with Gasteiger partial charge in [-0.15, -0.1) is 0 Å². The van der Waals surface area contributed by atoms with Gasteiger partial charge in [0.2, 0.25) is 0 Å². The highest BCUT2D eigenvalue weighted by Crippen LogP contribution is 2.06. The molecule has 1 heterocycles. The van der Waals surface area contributed by atoms with Gasteiger partial charge in [-0.1, -0.05) is 19.0 Å². The number of aromatic nitrogens is 1. The fourth-order valence-corrected chi connectivity index (χ4v) is 1.15. The Morgan fingerprint density at radius 3 is 2.65 bits per heavy atom. The molecule has 0 unspecified atom stereocenters. The smallest absolute Gasteiger partial charge is 0.314 e. The summed E-state index contributed by atoms with van der Waals surface area (Å²) >= 11 is 0. The highest BCUT2D eigenvalue weighted by molar-refractivity contribution is 6.39. The minimum Gasteiger partial charge on any atom is -0.360 e. The Morgan fingerprint density at radius 2 is 2.12 bits per heavy atom. The zero-order valence-electron chi connectivity index (χ0n) is 10.2. The molecular formula is C11H17N3O3. The van der Waals surface area contributed by atoms with Gasteiger partial charge in [0.1, 0.15) is 5.76 Å². The van der Waals surface area contributed by atoms with E-state index in [1.807, 2.05) is 13.8 Å². The van der Waals surface area contributed by atoms with Crippen molar-refractivity contribution in [3.63, 3.8) is 0 Å². The lowest BCUT2D eigenvalue weighted by Gasteiger charge is -2.06. The lowest BCUT2D eigenvalue weighted by molar-refractivity contribution is -0.136. The molecule has 0 radical (unpaired) electrons. The van der Waals surface area contributed by atoms with Crippen LogP contribution in [0.25, 0.3) is 0 Å². The topological polar surface area (TPSA) is 84.2 Å². The van der Waals surface area contributed by atoms with Gasteiger partial charge in [-0.25, -0.2) is 0 Å². The van der Waals surface area contributed by atoms with Crippen molar-refractivity contribution >= 4 is 17.6 Å². The lowest BCUT2D eigenvalue weighted by atomic mass is 10.1. The van der Waals surface area contributed by atoms with E-state index in [0.717, 1.165) is 6.42 Å². The Bertz CT molecular complexity index is 398. The molecule has 0 bridgehead atoms. The summed E-state index contributed by atoms with van der Waals surface area (Å²) in [4.78, 5) is 22.7. The van der Waals surface area contributed by atoms with Gasteiger partial charge >= 0.3 is 11.8 Å². The summed E-state index contributed by atoms with van der Waals surface area (Å²) in [6.07, 6.45) is 0.835. The maximum Gasteiger partial charge on any atom is 0.314 e. The van der Waals surface area contributed by atoms with Crippen LogP contribution in [0.1, 0.15) is 26.0 Å². The summed E-state index contributed by atoms with van der Waals surface area (Å²) in [5, 5.41) is 8.44. The number of nitrogens with zero attached hydrogens (tertiary/aromatic N) is 1. The van der Waals surface area contributed by atoms with Crippen LogP contribution in [0.4, 0.5) is 5.82 Å². The Balaban J connectivity index is 2.34. The van der Waals surface area contributed by atoms with Gasteiger partial charge in [0.25, 0.3) is 0 Å². The minimum atomic E-state index is -0.734. The molecule has 6 nitrogen and oxygen atoms in total. The van der Waals surface area contributed by atoms with E-state index in [-0.39, 0.29) is 5.82 Å². The molecule has 6 heteroatoms. The summed E-state index contributed by atoms with van der Waals surface area (Å²) in [6, 6.07) is 1.54. The third kappa shape index (κ3) is 4.67. The largest absolute Gasteiger partial charge is 0.360 e. The third-order valence-electron chi connectivity index (χ3n) is 2.08. The number of anilines is 1. The van der Waals surface area contributed by atoms with Gasteiger partial charge < -0.3 is 9.84 Å². The summed E-state index contributed by atoms with van der Waals surface area (Å²) in [6.45, 7) is 6.28. The van der Waals surface area contributed by atoms with Crippen molar-refractivity contribution in [2.75, 3.05) is 11.9 Å². The van der Waals surface area contributed by atoms with Crippen LogP contribution in [0.15, 0.2) is 10.6 Å². The second-order valence-corrected chi connectivity index (χ2v) is 4.22. The fourth-order valence-electron chi connectivity index (χ4n) is 1.15. The first-order valence-electron chi connectivity index (χ1n) is 5.51. The average molecular weight is 239 g/mol. The second-order valence-electron chi connectivity index (χ2n) is 4.22. The molecule has 0 saturated carbocycles. The van der Waals surface area contributed by atoms with E-state index in [0.29, 0.717) is 18.2 Å². The molecule has 0 fully saturated rings. The Kier molecular flexibility index (Phi) is 4.68. The second kappa shape index (κ2) is 6.03. The third-order valence-corrected chi connectivity index (χ3v) is 2.08. The number of aryl methyl sites for hydroxylation is 1. The number of hydrogen-bond acceptors (Lipinski definition) is 4. The van der Waals surface area contributed by atoms with Gasteiger partial charge in [-0.2, -0.15) is 0 Å². The van der Waals surface area contributed by atoms with E-state index in [1.165, 1.54) is 0 Å². The van der Waals surface area contributed by atoms with Gasteiger partial charge in [-0.05, 0) is 19.3 Å². The first-order chi connectivity index (χ1) is 7.99. The summed E-state index contributed by atoms with van der Waals surface area (Å²) in [5.41, 5.74) is 0. The molecule has 1 aromatic heterocycles. The molecule has 2 N–H and O–H groups in total. The number of amides is 2. The van der Waals surface area contributed by atoms with E-state index >= 15 is 0 Å². The van der Waals surface area contributed by atoms with Crippen molar-refractivity contribution in [2.45, 2.75) is 27.2 Å². The van der Waals surface area contributed by atoms with Gasteiger partial charge in [0, 0.05) is 12.6 Å². The molecule has 0 aliphatic rings. The SMILES string of the molecule is Cc1cc(NC(=O)C(=O)NCCC(C)C)no1. The minimum absolute atomic E-state index is 0.242. The molecule has 1 aromatic rings. The fraction of sp³-hybridized carbons (Fsp3) is 0.545. The first-order valence-corrected chi connectivity index (χ1v) is 5.51. The molecule has 2 amide bonds. The summed E-state index contributed by atoms with van der Waals surface area (Å²) < 4.78 is 4.76. The molecule has 0 aliphatic heterocycles. The van der Waals surface area contributed by atoms with Gasteiger partial charge in [0.15, 0.2) is 5.82 Å². The molecule has 0 saturated heterocycles. The van der Waals surface area contributed by atoms with Gasteiger partial charge in [0.05, 0.1) is 0 Å². The molecular weight excluding hydrogens is 222 g/mol. The van der Waals surface area contributed by atoms with Crippen molar-refractivity contribution in [1.82, 2.24) is 10.5 Å². The van der Waals surface area contributed by atoms with Crippen molar-refractivity contribution in [1.29, 1.82) is 0 Å². The first kappa shape index (κ1) is 13.2. The van der Waals surface area contributed by atoms with Crippen molar-refractivity contribution < 1.29 is 14.1 Å². The monoisotopic (exact) mass is 239 g/mol. The van der Waals surface area contributed by atoms with Crippen LogP contribution in [0.3, 0.4) is 0 Å². The maximum absolute atomic E-state index is 11.4. The quantitative estimate of drug-likeness (QED) is 0.770. The number of carbonyl (C=O) groups is 2. The lowest BCUT2D eigenvalue weighted by Crippen LogP contribution is -2.36. The number of nitrogens with one attached hydrogen (secondary N) is 2. The molecule has 0 atom stereocenters. The van der Waals surface area contributed by atoms with Crippen LogP contribution in [0.5, 0.6) is 0 Å². The maximum atomic E-state index is 11.4. The zero-order chi connectivity index (χ0) is 12.8. The molecule has 0 aliphatic carbocycles. The van der Waals surface area contributed by atoms with Crippen LogP contribution >= 0.6 is 0 Å². The Hall–Kier alpha value is -1.85. The standard InChI is InChI=1S/C11H17N3O3/c1-7(2)4-5-12-10(15)11(16)13-9-6-8(3)17-14-9/h6-7H,4-5H2,1-3H3,(H,12,15)(H,13,14,16). The van der Waals surface area contributed by atoms with Crippen molar-refractivity contribution in [2.24, 2.45) is 5.92 Å². The van der Waals surface area contributed by atoms with Gasteiger partial charge in [-0.3, -0.25) is 14.9 Å². The summed E-state index contributed by atoms with van der Waals surface area (Å²) in [7, 11) is 0. The van der Waals surface area contributed by atoms with Crippen LogP contribution in [0.2, 0.25) is 0 Å². The number of carbonyl (C=O) groups excluding carboxylic acids is 2. The van der Waals surface area contributed by atoms with Crippen molar-refractivity contribution in [3.05, 3.63) is 11.8 Å². The predicted octanol–water partition coefficient (Wildman–Crippen LogP) is 1.08. The summed E-state index contributed by atoms with van der Waals surface area (Å²) in [5.74, 6) is -0.100. The highest BCUT2D eigenvalue weighted by Gasteiger charge is 2.14. The van der Waals surface area contributed by atoms with Crippen LogP contribution in [-0.4, -0.2) is 23.5 Å². The van der Waals surface area contributed by atoms with Crippen LogP contribution in [0, 0.1) is 12.8 Å². The molecule has 0 aromatic carbocycles. The molecule has 1 rings (SSSR count). The Labute approximate surface area is 99.7 Å². The van der Waals surface area contributed by atoms with E-state index in [2.05, 4.69) is 15.8 Å². The number of hydrogen-bond donors (Lipinski definition) is 2. The zero-order valence-corrected chi connectivity index (χ0v) is 10.2. The van der Waals surface area contributed by atoms with E-state index in [4.69, 9.17) is 4.52 Å². The van der Waals surface area contributed by atoms with E-state index < -0.39 is 11.8 Å². The predicted molar refractivity (Wildman–Crippen MR) is 62.3 cm³/mol. The molecule has 17 heavy (non-hydrogen) atoms. The van der Waals surface area contributed by atoms with E-state index in [1.54, 1.807) is 13.0 Å². The van der Waals surface area contributed by atoms with Crippen LogP contribution in [-0.2, 0) is 9.59 Å². The van der Waals surface area contributed by atoms with Crippen LogP contribution < -0.4 is 10.6 Å². The average Bonchev–Trinajstić information content (AvgIpc) is 2.63. The van der Waals surface area contributed by atoms with E-state index in [9.17, 15) is 9.59 Å². The number of rotatable bonds is 4. The molecule has 0 spiro atoms. The Morgan fingerprint density at radius 1 is 1.41 bits per heavy atom. The normalized spacial score (nSPS) is 10.4. The molecule has 94 valence electrons. The highest BCUT2D eigenvalue weighted by atomic mass is 16.5.